The van der Waals surface area contributed by atoms with Crippen molar-refractivity contribution in [2.45, 2.75) is 12.5 Å². The molecule has 1 unspecified atom stereocenters. The van der Waals surface area contributed by atoms with Crippen molar-refractivity contribution in [3.05, 3.63) is 63.6 Å². The Morgan fingerprint density at radius 1 is 1.27 bits per heavy atom. The second-order valence-electron chi connectivity index (χ2n) is 5.91. The molecular weight excluding hydrogens is 354 g/mol. The van der Waals surface area contributed by atoms with E-state index in [0.29, 0.717) is 30.0 Å². The number of ketones is 1. The fourth-order valence-corrected chi connectivity index (χ4v) is 3.76. The summed E-state index contributed by atoms with van der Waals surface area (Å²) in [6, 6.07) is 9.03. The molecule has 26 heavy (non-hydrogen) atoms. The molecule has 2 N–H and O–H groups in total. The Kier molecular flexibility index (Phi) is 5.39. The van der Waals surface area contributed by atoms with Crippen molar-refractivity contribution in [2.24, 2.45) is 0 Å². The first-order chi connectivity index (χ1) is 12.5. The summed E-state index contributed by atoms with van der Waals surface area (Å²) in [5.74, 6) is -1.47. The number of Topliss-reactive ketones (excluding diaryl/α,β-unsaturated/α-hetero) is 1. The molecule has 1 atom stereocenters. The van der Waals surface area contributed by atoms with Crippen molar-refractivity contribution < 1.29 is 24.5 Å². The van der Waals surface area contributed by atoms with Gasteiger partial charge in [0.1, 0.15) is 5.75 Å². The average molecular weight is 373 g/mol. The van der Waals surface area contributed by atoms with E-state index in [9.17, 15) is 19.8 Å². The number of benzene rings is 1. The molecule has 1 aliphatic rings. The topological polar surface area (TPSA) is 87.1 Å². The summed E-state index contributed by atoms with van der Waals surface area (Å²) in [7, 11) is 1.57. The fraction of sp³-hybridized carbons (Fsp3) is 0.263. The number of rotatable bonds is 7. The van der Waals surface area contributed by atoms with Gasteiger partial charge in [0.2, 0.25) is 5.78 Å². The zero-order valence-electron chi connectivity index (χ0n) is 14.2. The Morgan fingerprint density at radius 3 is 2.73 bits per heavy atom. The van der Waals surface area contributed by atoms with Gasteiger partial charge in [0.25, 0.3) is 5.91 Å². The van der Waals surface area contributed by atoms with E-state index in [0.717, 1.165) is 0 Å². The number of hydrogen-bond acceptors (Lipinski definition) is 6. The van der Waals surface area contributed by atoms with Gasteiger partial charge in [0.05, 0.1) is 16.5 Å². The standard InChI is InChI=1S/C19H19NO5S/c1-25-9-4-8-20-16(12-5-2-6-13(21)11-12)15(18(23)19(20)24)17(22)14-7-3-10-26-14/h2-3,5-7,10-11,16,21,23H,4,8-9H2,1H3. The highest BCUT2D eigenvalue weighted by Gasteiger charge is 2.43. The van der Waals surface area contributed by atoms with E-state index < -0.39 is 17.7 Å². The number of aliphatic hydroxyl groups excluding tert-OH is 1. The molecule has 0 aliphatic carbocycles. The van der Waals surface area contributed by atoms with Crippen molar-refractivity contribution in [2.75, 3.05) is 20.3 Å². The number of thiophene rings is 1. The van der Waals surface area contributed by atoms with E-state index in [2.05, 4.69) is 0 Å². The van der Waals surface area contributed by atoms with Gasteiger partial charge in [0.15, 0.2) is 5.76 Å². The van der Waals surface area contributed by atoms with Crippen LogP contribution in [-0.2, 0) is 9.53 Å². The molecule has 2 aromatic rings. The number of carbonyl (C=O) groups is 2. The molecule has 7 heteroatoms. The third kappa shape index (κ3) is 3.36. The smallest absolute Gasteiger partial charge is 0.290 e. The minimum absolute atomic E-state index is 0.0288. The van der Waals surface area contributed by atoms with E-state index in [1.165, 1.54) is 28.4 Å². The highest BCUT2D eigenvalue weighted by molar-refractivity contribution is 7.12. The number of aliphatic hydroxyl groups is 1. The van der Waals surface area contributed by atoms with Gasteiger partial charge in [-0.1, -0.05) is 18.2 Å². The zero-order valence-corrected chi connectivity index (χ0v) is 15.0. The number of phenols is 1. The lowest BCUT2D eigenvalue weighted by Gasteiger charge is -2.26. The van der Waals surface area contributed by atoms with Crippen LogP contribution in [0, 0.1) is 0 Å². The van der Waals surface area contributed by atoms with E-state index in [4.69, 9.17) is 4.74 Å². The summed E-state index contributed by atoms with van der Waals surface area (Å²) >= 11 is 1.25. The van der Waals surface area contributed by atoms with Crippen LogP contribution < -0.4 is 0 Å². The largest absolute Gasteiger partial charge is 0.508 e. The number of hydrogen-bond donors (Lipinski definition) is 2. The summed E-state index contributed by atoms with van der Waals surface area (Å²) in [6.45, 7) is 0.768. The summed E-state index contributed by atoms with van der Waals surface area (Å²) in [5, 5.41) is 22.0. The Morgan fingerprint density at radius 2 is 2.08 bits per heavy atom. The number of nitrogens with zero attached hydrogens (tertiary/aromatic N) is 1. The lowest BCUT2D eigenvalue weighted by Crippen LogP contribution is -2.32. The molecule has 1 amide bonds. The van der Waals surface area contributed by atoms with Crippen LogP contribution in [-0.4, -0.2) is 47.1 Å². The van der Waals surface area contributed by atoms with Crippen LogP contribution in [0.25, 0.3) is 0 Å². The Hall–Kier alpha value is -2.64. The third-order valence-corrected chi connectivity index (χ3v) is 5.10. The van der Waals surface area contributed by atoms with Gasteiger partial charge < -0.3 is 19.8 Å². The molecule has 0 radical (unpaired) electrons. The van der Waals surface area contributed by atoms with E-state index >= 15 is 0 Å². The van der Waals surface area contributed by atoms with Crippen LogP contribution in [0.1, 0.15) is 27.7 Å². The van der Waals surface area contributed by atoms with Crippen LogP contribution in [0.2, 0.25) is 0 Å². The van der Waals surface area contributed by atoms with E-state index in [1.54, 1.807) is 36.8 Å². The molecule has 0 saturated heterocycles. The summed E-state index contributed by atoms with van der Waals surface area (Å²) in [6.07, 6.45) is 0.561. The number of carbonyl (C=O) groups excluding carboxylic acids is 2. The van der Waals surface area contributed by atoms with Crippen LogP contribution in [0.5, 0.6) is 5.75 Å². The van der Waals surface area contributed by atoms with Crippen LogP contribution in [0.4, 0.5) is 0 Å². The molecular formula is C19H19NO5S. The Balaban J connectivity index is 2.04. The summed E-state index contributed by atoms with van der Waals surface area (Å²) < 4.78 is 5.04. The molecule has 1 aliphatic heterocycles. The molecule has 0 saturated carbocycles. The lowest BCUT2D eigenvalue weighted by atomic mass is 9.95. The zero-order chi connectivity index (χ0) is 18.7. The number of methoxy groups -OCH3 is 1. The monoisotopic (exact) mass is 373 g/mol. The quantitative estimate of drug-likeness (QED) is 0.575. The van der Waals surface area contributed by atoms with Crippen molar-refractivity contribution in [1.29, 1.82) is 0 Å². The predicted octanol–water partition coefficient (Wildman–Crippen LogP) is 3.07. The molecule has 3 rings (SSSR count). The minimum Gasteiger partial charge on any atom is -0.508 e. The number of phenolic OH excluding ortho intramolecular Hbond substituents is 1. The SMILES string of the molecule is COCCCN1C(=O)C(O)=C(C(=O)c2cccs2)C1c1cccc(O)c1. The van der Waals surface area contributed by atoms with E-state index in [-0.39, 0.29) is 17.1 Å². The first-order valence-corrected chi connectivity index (χ1v) is 9.02. The van der Waals surface area contributed by atoms with Gasteiger partial charge in [-0.05, 0) is 35.6 Å². The molecule has 0 fully saturated rings. The van der Waals surface area contributed by atoms with Crippen molar-refractivity contribution >= 4 is 23.0 Å². The predicted molar refractivity (Wildman–Crippen MR) is 97.4 cm³/mol. The lowest BCUT2D eigenvalue weighted by molar-refractivity contribution is -0.129. The molecule has 0 spiro atoms. The number of ether oxygens (including phenoxy) is 1. The maximum Gasteiger partial charge on any atom is 0.290 e. The van der Waals surface area contributed by atoms with Gasteiger partial charge >= 0.3 is 0 Å². The second kappa shape index (κ2) is 7.72. The highest BCUT2D eigenvalue weighted by atomic mass is 32.1. The third-order valence-electron chi connectivity index (χ3n) is 4.23. The summed E-state index contributed by atoms with van der Waals surface area (Å²) in [4.78, 5) is 27.4. The van der Waals surface area contributed by atoms with Crippen LogP contribution >= 0.6 is 11.3 Å². The maximum absolute atomic E-state index is 12.9. The second-order valence-corrected chi connectivity index (χ2v) is 6.86. The van der Waals surface area contributed by atoms with Gasteiger partial charge in [-0.15, -0.1) is 11.3 Å². The number of amides is 1. The highest BCUT2D eigenvalue weighted by Crippen LogP contribution is 2.40. The molecule has 6 nitrogen and oxygen atoms in total. The Bertz CT molecular complexity index is 843. The van der Waals surface area contributed by atoms with Gasteiger partial charge in [-0.3, -0.25) is 9.59 Å². The van der Waals surface area contributed by atoms with Crippen LogP contribution in [0.15, 0.2) is 53.1 Å². The Labute approximate surface area is 155 Å². The van der Waals surface area contributed by atoms with Crippen molar-refractivity contribution in [3.63, 3.8) is 0 Å². The fourth-order valence-electron chi connectivity index (χ4n) is 3.08. The van der Waals surface area contributed by atoms with Gasteiger partial charge in [-0.25, -0.2) is 0 Å². The summed E-state index contributed by atoms with van der Waals surface area (Å²) in [5.41, 5.74) is 0.611. The van der Waals surface area contributed by atoms with Crippen molar-refractivity contribution in [3.8, 4) is 5.75 Å². The minimum atomic E-state index is -0.749. The first-order valence-electron chi connectivity index (χ1n) is 8.14. The first kappa shape index (κ1) is 18.2. The van der Waals surface area contributed by atoms with E-state index in [1.807, 2.05) is 0 Å². The molecule has 136 valence electrons. The van der Waals surface area contributed by atoms with Crippen molar-refractivity contribution in [1.82, 2.24) is 4.90 Å². The molecule has 1 aromatic carbocycles. The molecule has 0 bridgehead atoms. The maximum atomic E-state index is 12.9. The van der Waals surface area contributed by atoms with Crippen LogP contribution in [0.3, 0.4) is 0 Å². The average Bonchev–Trinajstić information content (AvgIpc) is 3.24. The normalized spacial score (nSPS) is 17.2. The number of aromatic hydroxyl groups is 1. The van der Waals surface area contributed by atoms with Gasteiger partial charge in [0, 0.05) is 20.3 Å². The van der Waals surface area contributed by atoms with Gasteiger partial charge in [-0.2, -0.15) is 0 Å². The molecule has 1 aromatic heterocycles. The molecule has 2 heterocycles.